The van der Waals surface area contributed by atoms with E-state index in [0.29, 0.717) is 22.0 Å². The summed E-state index contributed by atoms with van der Waals surface area (Å²) >= 11 is 1.40. The number of nitrogens with zero attached hydrogens (tertiary/aromatic N) is 4. The maximum Gasteiger partial charge on any atom is 0.405 e. The Labute approximate surface area is 196 Å². The summed E-state index contributed by atoms with van der Waals surface area (Å²) in [4.78, 5) is 25.0. The zero-order valence-electron chi connectivity index (χ0n) is 17.8. The number of nitrogens with one attached hydrogen (secondary N) is 1. The van der Waals surface area contributed by atoms with Gasteiger partial charge in [-0.3, -0.25) is 4.90 Å². The lowest BCUT2D eigenvalue weighted by Crippen LogP contribution is -2.45. The third-order valence-corrected chi connectivity index (χ3v) is 6.37. The summed E-state index contributed by atoms with van der Waals surface area (Å²) < 4.78 is 44.3. The number of rotatable bonds is 5. The standard InChI is InChI=1S/C23H18F3N5O2S/c1-33-17-8-6-16(7-9-17)30-12-15-11-27-21(28-13-23(24,25)26)29-20(15)31(22(30)32)19-10-14-4-2-3-5-18(14)34-19/h2-11H,12-13H2,1H3,(H,27,28,29). The van der Waals surface area contributed by atoms with Gasteiger partial charge in [0.05, 0.1) is 13.7 Å². The molecule has 0 radical (unpaired) electrons. The number of aromatic nitrogens is 2. The molecule has 0 fully saturated rings. The molecule has 7 nitrogen and oxygen atoms in total. The van der Waals surface area contributed by atoms with Crippen molar-refractivity contribution in [2.45, 2.75) is 12.7 Å². The first-order chi connectivity index (χ1) is 16.3. The highest BCUT2D eigenvalue weighted by atomic mass is 32.1. The third kappa shape index (κ3) is 4.21. The van der Waals surface area contributed by atoms with Crippen LogP contribution in [0.15, 0.2) is 60.8 Å². The van der Waals surface area contributed by atoms with Crippen LogP contribution >= 0.6 is 11.3 Å². The van der Waals surface area contributed by atoms with Crippen molar-refractivity contribution in [2.24, 2.45) is 0 Å². The summed E-state index contributed by atoms with van der Waals surface area (Å²) in [5, 5.41) is 3.74. The quantitative estimate of drug-likeness (QED) is 0.378. The lowest BCUT2D eigenvalue weighted by Gasteiger charge is -2.35. The molecule has 34 heavy (non-hydrogen) atoms. The highest BCUT2D eigenvalue weighted by Gasteiger charge is 2.35. The molecule has 2 aromatic heterocycles. The van der Waals surface area contributed by atoms with E-state index in [-0.39, 0.29) is 24.3 Å². The van der Waals surface area contributed by atoms with Gasteiger partial charge in [-0.2, -0.15) is 18.2 Å². The molecule has 1 N–H and O–H groups in total. The first-order valence-corrected chi connectivity index (χ1v) is 11.0. The fourth-order valence-corrected chi connectivity index (χ4v) is 4.72. The zero-order valence-corrected chi connectivity index (χ0v) is 18.7. The van der Waals surface area contributed by atoms with Crippen molar-refractivity contribution in [3.8, 4) is 5.75 Å². The van der Waals surface area contributed by atoms with E-state index in [1.165, 1.54) is 22.4 Å². The van der Waals surface area contributed by atoms with Crippen LogP contribution in [0.1, 0.15) is 5.56 Å². The van der Waals surface area contributed by atoms with Crippen molar-refractivity contribution in [3.05, 3.63) is 66.4 Å². The van der Waals surface area contributed by atoms with Crippen molar-refractivity contribution in [2.75, 3.05) is 28.8 Å². The largest absolute Gasteiger partial charge is 0.497 e. The average molecular weight is 485 g/mol. The van der Waals surface area contributed by atoms with Crippen molar-refractivity contribution in [1.82, 2.24) is 9.97 Å². The topological polar surface area (TPSA) is 70.6 Å². The van der Waals surface area contributed by atoms with Gasteiger partial charge in [-0.25, -0.2) is 14.7 Å². The third-order valence-electron chi connectivity index (χ3n) is 5.27. The van der Waals surface area contributed by atoms with Crippen LogP contribution in [0.25, 0.3) is 10.1 Å². The van der Waals surface area contributed by atoms with Crippen LogP contribution in [0.3, 0.4) is 0 Å². The second kappa shape index (κ2) is 8.49. The number of fused-ring (bicyclic) bond motifs is 2. The van der Waals surface area contributed by atoms with E-state index in [0.717, 1.165) is 10.1 Å². The minimum Gasteiger partial charge on any atom is -0.497 e. The number of hydrogen-bond donors (Lipinski definition) is 1. The molecule has 0 saturated carbocycles. The first kappa shape index (κ1) is 22.0. The Balaban J connectivity index is 1.59. The van der Waals surface area contributed by atoms with Gasteiger partial charge in [0, 0.05) is 22.1 Å². The van der Waals surface area contributed by atoms with E-state index < -0.39 is 12.7 Å². The molecule has 1 aliphatic rings. The van der Waals surface area contributed by atoms with Crippen LogP contribution in [-0.2, 0) is 6.54 Å². The number of anilines is 4. The van der Waals surface area contributed by atoms with E-state index >= 15 is 0 Å². The molecule has 0 atom stereocenters. The number of benzene rings is 2. The molecule has 0 aliphatic carbocycles. The smallest absolute Gasteiger partial charge is 0.405 e. The fraction of sp³-hybridized carbons (Fsp3) is 0.174. The second-order valence-corrected chi connectivity index (χ2v) is 8.60. The molecule has 3 heterocycles. The number of carbonyl (C=O) groups is 1. The van der Waals surface area contributed by atoms with Crippen LogP contribution in [0, 0.1) is 0 Å². The molecule has 0 bridgehead atoms. The Morgan fingerprint density at radius 1 is 1.15 bits per heavy atom. The maximum absolute atomic E-state index is 13.7. The van der Waals surface area contributed by atoms with Gasteiger partial charge in [-0.15, -0.1) is 11.3 Å². The summed E-state index contributed by atoms with van der Waals surface area (Å²) in [6, 6.07) is 16.2. The summed E-state index contributed by atoms with van der Waals surface area (Å²) in [6.07, 6.45) is -2.98. The van der Waals surface area contributed by atoms with Crippen LogP contribution < -0.4 is 19.9 Å². The minimum absolute atomic E-state index is 0.168. The first-order valence-electron chi connectivity index (χ1n) is 10.2. The van der Waals surface area contributed by atoms with Gasteiger partial charge < -0.3 is 10.1 Å². The molecule has 4 aromatic rings. The van der Waals surface area contributed by atoms with Gasteiger partial charge in [0.2, 0.25) is 5.95 Å². The van der Waals surface area contributed by atoms with Crippen LogP contribution in [0.4, 0.5) is 40.4 Å². The second-order valence-electron chi connectivity index (χ2n) is 7.54. The van der Waals surface area contributed by atoms with Gasteiger partial charge in [0.1, 0.15) is 17.3 Å². The van der Waals surface area contributed by atoms with Gasteiger partial charge in [-0.1, -0.05) is 18.2 Å². The number of hydrogen-bond acceptors (Lipinski definition) is 6. The summed E-state index contributed by atoms with van der Waals surface area (Å²) in [6.45, 7) is -1.11. The number of halogens is 3. The van der Waals surface area contributed by atoms with Crippen molar-refractivity contribution >= 4 is 49.9 Å². The molecule has 1 aliphatic heterocycles. The number of ether oxygens (including phenoxy) is 1. The van der Waals surface area contributed by atoms with Crippen LogP contribution in [-0.4, -0.2) is 35.8 Å². The Morgan fingerprint density at radius 3 is 2.62 bits per heavy atom. The van der Waals surface area contributed by atoms with Crippen LogP contribution in [0.5, 0.6) is 5.75 Å². The highest BCUT2D eigenvalue weighted by Crippen LogP contribution is 2.41. The summed E-state index contributed by atoms with van der Waals surface area (Å²) in [7, 11) is 1.56. The molecular formula is C23H18F3N5O2S. The van der Waals surface area contributed by atoms with Crippen molar-refractivity contribution in [1.29, 1.82) is 0 Å². The lowest BCUT2D eigenvalue weighted by atomic mass is 10.2. The molecule has 174 valence electrons. The van der Waals surface area contributed by atoms with Gasteiger partial charge in [-0.05, 0) is 41.8 Å². The summed E-state index contributed by atoms with van der Waals surface area (Å²) in [5.74, 6) is 0.701. The van der Waals surface area contributed by atoms with E-state index in [2.05, 4.69) is 15.3 Å². The Kier molecular flexibility index (Phi) is 5.48. The van der Waals surface area contributed by atoms with E-state index in [4.69, 9.17) is 4.74 Å². The molecule has 0 spiro atoms. The number of methoxy groups -OCH3 is 1. The SMILES string of the molecule is COc1ccc(N2Cc3cnc(NCC(F)(F)F)nc3N(c3cc4ccccc4s3)C2=O)cc1. The van der Waals surface area contributed by atoms with Crippen LogP contribution in [0.2, 0.25) is 0 Å². The Bertz CT molecular complexity index is 1320. The lowest BCUT2D eigenvalue weighted by molar-refractivity contribution is -0.115. The maximum atomic E-state index is 13.7. The molecule has 11 heteroatoms. The molecule has 5 rings (SSSR count). The van der Waals surface area contributed by atoms with Crippen molar-refractivity contribution < 1.29 is 22.7 Å². The molecule has 0 unspecified atom stereocenters. The number of alkyl halides is 3. The van der Waals surface area contributed by atoms with Gasteiger partial charge >= 0.3 is 12.2 Å². The Hall–Kier alpha value is -3.86. The average Bonchev–Trinajstić information content (AvgIpc) is 3.25. The number of thiophene rings is 1. The number of amides is 2. The highest BCUT2D eigenvalue weighted by molar-refractivity contribution is 7.23. The molecule has 2 aromatic carbocycles. The van der Waals surface area contributed by atoms with Gasteiger partial charge in [0.25, 0.3) is 0 Å². The van der Waals surface area contributed by atoms with E-state index in [1.807, 2.05) is 30.3 Å². The molecule has 0 saturated heterocycles. The molecule has 2 amide bonds. The predicted octanol–water partition coefficient (Wildman–Crippen LogP) is 5.95. The minimum atomic E-state index is -4.43. The van der Waals surface area contributed by atoms with E-state index in [1.54, 1.807) is 36.3 Å². The molecular weight excluding hydrogens is 467 g/mol. The van der Waals surface area contributed by atoms with Gasteiger partial charge in [0.15, 0.2) is 5.82 Å². The Morgan fingerprint density at radius 2 is 1.91 bits per heavy atom. The number of urea groups is 1. The van der Waals surface area contributed by atoms with E-state index in [9.17, 15) is 18.0 Å². The normalized spacial score (nSPS) is 13.8. The van der Waals surface area contributed by atoms with Crippen molar-refractivity contribution in [3.63, 3.8) is 0 Å². The summed E-state index contributed by atoms with van der Waals surface area (Å²) in [5.41, 5.74) is 1.24. The predicted molar refractivity (Wildman–Crippen MR) is 125 cm³/mol. The fourth-order valence-electron chi connectivity index (χ4n) is 3.66. The zero-order chi connectivity index (χ0) is 23.9. The monoisotopic (exact) mass is 485 g/mol. The number of carbonyl (C=O) groups excluding carboxylic acids is 1.